The molecule has 2 aromatic heterocycles. The third-order valence-corrected chi connectivity index (χ3v) is 6.04. The van der Waals surface area contributed by atoms with Crippen LogP contribution in [0.25, 0.3) is 9.88 Å². The fourth-order valence-electron chi connectivity index (χ4n) is 2.70. The van der Waals surface area contributed by atoms with Gasteiger partial charge >= 0.3 is 11.9 Å². The van der Waals surface area contributed by atoms with Gasteiger partial charge in [-0.1, -0.05) is 6.07 Å². The van der Waals surface area contributed by atoms with E-state index >= 15 is 0 Å². The number of aromatic nitrogens is 1. The number of rotatable bonds is 5. The lowest BCUT2D eigenvalue weighted by atomic mass is 9.97. The molecule has 0 bridgehead atoms. The van der Waals surface area contributed by atoms with Crippen LogP contribution >= 0.6 is 22.7 Å². The van der Waals surface area contributed by atoms with Gasteiger partial charge in [-0.3, -0.25) is 9.59 Å². The van der Waals surface area contributed by atoms with E-state index in [1.165, 1.54) is 18.4 Å². The molecule has 0 N–H and O–H groups in total. The van der Waals surface area contributed by atoms with Crippen molar-refractivity contribution in [2.24, 2.45) is 5.92 Å². The molecule has 0 saturated carbocycles. The predicted octanol–water partition coefficient (Wildman–Crippen LogP) is 2.44. The van der Waals surface area contributed by atoms with Crippen LogP contribution in [0.1, 0.15) is 23.3 Å². The van der Waals surface area contributed by atoms with Gasteiger partial charge < -0.3 is 14.4 Å². The van der Waals surface area contributed by atoms with Gasteiger partial charge in [-0.25, -0.2) is 9.78 Å². The second-order valence-electron chi connectivity index (χ2n) is 5.77. The van der Waals surface area contributed by atoms with Crippen LogP contribution in [0.3, 0.4) is 0 Å². The normalized spacial score (nSPS) is 14.9. The van der Waals surface area contributed by atoms with E-state index < -0.39 is 5.97 Å². The number of amides is 1. The largest absolute Gasteiger partial charge is 0.469 e. The summed E-state index contributed by atoms with van der Waals surface area (Å²) in [5, 5.41) is 4.32. The Morgan fingerprint density at radius 1 is 1.27 bits per heavy atom. The highest BCUT2D eigenvalue weighted by atomic mass is 32.1. The van der Waals surface area contributed by atoms with Crippen LogP contribution in [0.4, 0.5) is 0 Å². The highest BCUT2D eigenvalue weighted by Gasteiger charge is 2.28. The molecule has 7 nitrogen and oxygen atoms in total. The van der Waals surface area contributed by atoms with E-state index in [4.69, 9.17) is 9.47 Å². The van der Waals surface area contributed by atoms with Crippen molar-refractivity contribution < 1.29 is 23.9 Å². The van der Waals surface area contributed by atoms with E-state index in [0.717, 1.165) is 9.88 Å². The Labute approximate surface area is 158 Å². The van der Waals surface area contributed by atoms with Crippen molar-refractivity contribution in [1.29, 1.82) is 0 Å². The minimum atomic E-state index is -0.609. The van der Waals surface area contributed by atoms with Crippen molar-refractivity contribution in [3.05, 3.63) is 28.6 Å². The monoisotopic (exact) mass is 394 g/mol. The van der Waals surface area contributed by atoms with Gasteiger partial charge in [0.05, 0.1) is 17.9 Å². The van der Waals surface area contributed by atoms with Crippen LogP contribution in [-0.2, 0) is 19.1 Å². The number of hydrogen-bond acceptors (Lipinski definition) is 8. The highest BCUT2D eigenvalue weighted by Crippen LogP contribution is 2.28. The zero-order chi connectivity index (χ0) is 18.5. The average Bonchev–Trinajstić information content (AvgIpc) is 3.36. The summed E-state index contributed by atoms with van der Waals surface area (Å²) in [6.07, 6.45) is 1.12. The summed E-state index contributed by atoms with van der Waals surface area (Å²) in [7, 11) is 1.36. The van der Waals surface area contributed by atoms with Gasteiger partial charge in [0, 0.05) is 18.5 Å². The number of nitrogens with zero attached hydrogens (tertiary/aromatic N) is 2. The Hall–Kier alpha value is -2.26. The molecule has 1 saturated heterocycles. The van der Waals surface area contributed by atoms with Crippen LogP contribution in [0.15, 0.2) is 22.9 Å². The van der Waals surface area contributed by atoms with Crippen molar-refractivity contribution in [1.82, 2.24) is 9.88 Å². The summed E-state index contributed by atoms with van der Waals surface area (Å²) in [4.78, 5) is 42.6. The van der Waals surface area contributed by atoms with E-state index in [0.29, 0.717) is 25.9 Å². The maximum atomic E-state index is 12.2. The molecule has 138 valence electrons. The third-order valence-electron chi connectivity index (χ3n) is 4.15. The summed E-state index contributed by atoms with van der Waals surface area (Å²) in [6, 6.07) is 3.85. The van der Waals surface area contributed by atoms with E-state index in [2.05, 4.69) is 4.98 Å². The van der Waals surface area contributed by atoms with Gasteiger partial charge in [0.1, 0.15) is 5.01 Å². The van der Waals surface area contributed by atoms with Crippen molar-refractivity contribution in [2.75, 3.05) is 26.8 Å². The summed E-state index contributed by atoms with van der Waals surface area (Å²) in [5.74, 6) is -1.29. The number of esters is 2. The van der Waals surface area contributed by atoms with Crippen LogP contribution in [-0.4, -0.2) is 54.5 Å². The van der Waals surface area contributed by atoms with Crippen LogP contribution in [0, 0.1) is 5.92 Å². The molecular weight excluding hydrogens is 376 g/mol. The zero-order valence-corrected chi connectivity index (χ0v) is 15.8. The van der Waals surface area contributed by atoms with Gasteiger partial charge in [-0.15, -0.1) is 22.7 Å². The number of carbonyl (C=O) groups excluding carboxylic acids is 3. The van der Waals surface area contributed by atoms with Crippen molar-refractivity contribution in [2.45, 2.75) is 12.8 Å². The highest BCUT2D eigenvalue weighted by molar-refractivity contribution is 7.20. The van der Waals surface area contributed by atoms with E-state index in [-0.39, 0.29) is 30.1 Å². The lowest BCUT2D eigenvalue weighted by Gasteiger charge is -2.30. The van der Waals surface area contributed by atoms with E-state index in [1.54, 1.807) is 21.6 Å². The van der Waals surface area contributed by atoms with Crippen LogP contribution in [0.2, 0.25) is 0 Å². The van der Waals surface area contributed by atoms with Gasteiger partial charge in [-0.2, -0.15) is 0 Å². The number of piperidine rings is 1. The molecule has 3 heterocycles. The zero-order valence-electron chi connectivity index (χ0n) is 14.2. The minimum absolute atomic E-state index is 0.169. The summed E-state index contributed by atoms with van der Waals surface area (Å²) in [5.41, 5.74) is 0.204. The number of likely N-dealkylation sites (tertiary alicyclic amines) is 1. The molecule has 0 radical (unpaired) electrons. The Morgan fingerprint density at radius 2 is 2.04 bits per heavy atom. The Balaban J connectivity index is 1.47. The molecule has 3 rings (SSSR count). The number of methoxy groups -OCH3 is 1. The summed E-state index contributed by atoms with van der Waals surface area (Å²) >= 11 is 2.91. The molecule has 26 heavy (non-hydrogen) atoms. The summed E-state index contributed by atoms with van der Waals surface area (Å²) < 4.78 is 9.82. The van der Waals surface area contributed by atoms with Crippen molar-refractivity contribution >= 4 is 40.5 Å². The molecule has 2 aromatic rings. The van der Waals surface area contributed by atoms with Crippen molar-refractivity contribution in [3.63, 3.8) is 0 Å². The van der Waals surface area contributed by atoms with Gasteiger partial charge in [0.25, 0.3) is 5.91 Å². The molecule has 1 aliphatic rings. The smallest absolute Gasteiger partial charge is 0.358 e. The first-order valence-electron chi connectivity index (χ1n) is 8.10. The predicted molar refractivity (Wildman–Crippen MR) is 97.0 cm³/mol. The fraction of sp³-hybridized carbons (Fsp3) is 0.412. The molecule has 1 fully saturated rings. The second-order valence-corrected chi connectivity index (χ2v) is 7.58. The number of carbonyl (C=O) groups is 3. The minimum Gasteiger partial charge on any atom is -0.469 e. The molecule has 9 heteroatoms. The maximum Gasteiger partial charge on any atom is 0.358 e. The van der Waals surface area contributed by atoms with Crippen LogP contribution < -0.4 is 0 Å². The fourth-order valence-corrected chi connectivity index (χ4v) is 4.31. The number of thiazole rings is 1. The van der Waals surface area contributed by atoms with Crippen molar-refractivity contribution in [3.8, 4) is 9.88 Å². The van der Waals surface area contributed by atoms with Gasteiger partial charge in [0.2, 0.25) is 0 Å². The lowest BCUT2D eigenvalue weighted by molar-refractivity contribution is -0.149. The Morgan fingerprint density at radius 3 is 2.69 bits per heavy atom. The standard InChI is InChI=1S/C17H18N2O5S2/c1-23-16(21)11-4-6-19(7-5-11)14(20)9-24-17(22)12-10-26-15(18-12)13-3-2-8-25-13/h2-3,8,10-11H,4-7,9H2,1H3. The second kappa shape index (κ2) is 8.41. The van der Waals surface area contributed by atoms with E-state index in [1.807, 2.05) is 17.5 Å². The molecule has 0 unspecified atom stereocenters. The molecule has 0 aromatic carbocycles. The first kappa shape index (κ1) is 18.5. The topological polar surface area (TPSA) is 85.8 Å². The van der Waals surface area contributed by atoms with E-state index in [9.17, 15) is 14.4 Å². The van der Waals surface area contributed by atoms with Gasteiger partial charge in [-0.05, 0) is 24.3 Å². The quantitative estimate of drug-likeness (QED) is 0.724. The molecule has 0 spiro atoms. The molecule has 0 atom stereocenters. The molecule has 0 aliphatic carbocycles. The van der Waals surface area contributed by atoms with Gasteiger partial charge in [0.15, 0.2) is 12.3 Å². The SMILES string of the molecule is COC(=O)C1CCN(C(=O)COC(=O)c2csc(-c3cccs3)n2)CC1. The Kier molecular flexibility index (Phi) is 6.00. The number of ether oxygens (including phenoxy) is 2. The lowest BCUT2D eigenvalue weighted by Crippen LogP contribution is -2.42. The summed E-state index contributed by atoms with van der Waals surface area (Å²) in [6.45, 7) is 0.582. The first-order chi connectivity index (χ1) is 12.6. The Bertz CT molecular complexity index is 779. The molecule has 1 amide bonds. The third kappa shape index (κ3) is 4.28. The maximum absolute atomic E-state index is 12.2. The molecule has 1 aliphatic heterocycles. The number of thiophene rings is 1. The average molecular weight is 394 g/mol. The number of hydrogen-bond donors (Lipinski definition) is 0. The first-order valence-corrected chi connectivity index (χ1v) is 9.86. The van der Waals surface area contributed by atoms with Crippen LogP contribution in [0.5, 0.6) is 0 Å². The molecular formula is C17H18N2O5S2.